The second kappa shape index (κ2) is 11.2. The highest BCUT2D eigenvalue weighted by atomic mass is 35.5. The number of likely N-dealkylation sites (tertiary alicyclic amines) is 1. The number of hydrogen-bond acceptors (Lipinski definition) is 4. The highest BCUT2D eigenvalue weighted by molar-refractivity contribution is 6.30. The number of amides is 1. The maximum atomic E-state index is 15.4. The summed E-state index contributed by atoms with van der Waals surface area (Å²) in [4.78, 5) is 28.5. The van der Waals surface area contributed by atoms with Gasteiger partial charge >= 0.3 is 0 Å². The van der Waals surface area contributed by atoms with Crippen molar-refractivity contribution in [3.8, 4) is 0 Å². The molecular formula is C26H32ClFN2O3. The van der Waals surface area contributed by atoms with Crippen molar-refractivity contribution in [1.82, 2.24) is 9.80 Å². The van der Waals surface area contributed by atoms with E-state index < -0.39 is 17.9 Å². The molecule has 1 heterocycles. The lowest BCUT2D eigenvalue weighted by Crippen LogP contribution is -2.51. The highest BCUT2D eigenvalue weighted by Crippen LogP contribution is 2.29. The van der Waals surface area contributed by atoms with E-state index in [-0.39, 0.29) is 18.1 Å². The van der Waals surface area contributed by atoms with Gasteiger partial charge < -0.3 is 10.0 Å². The van der Waals surface area contributed by atoms with E-state index in [0.29, 0.717) is 49.5 Å². The Kier molecular flexibility index (Phi) is 8.63. The Balaban J connectivity index is 1.66. The summed E-state index contributed by atoms with van der Waals surface area (Å²) in [5.74, 6) is -0.512. The van der Waals surface area contributed by atoms with Gasteiger partial charge in [0.2, 0.25) is 5.91 Å². The maximum Gasteiger partial charge on any atom is 0.220 e. The molecule has 0 aromatic heterocycles. The summed E-state index contributed by atoms with van der Waals surface area (Å²) in [6, 6.07) is 15.2. The lowest BCUT2D eigenvalue weighted by atomic mass is 9.85. The van der Waals surface area contributed by atoms with Crippen LogP contribution in [0.25, 0.3) is 0 Å². The number of piperidine rings is 1. The number of likely N-dealkylation sites (N-methyl/N-ethyl adjacent to an activating group) is 1. The average molecular weight is 475 g/mol. The zero-order chi connectivity index (χ0) is 24.0. The topological polar surface area (TPSA) is 60.9 Å². The summed E-state index contributed by atoms with van der Waals surface area (Å²) in [7, 11) is 0. The fourth-order valence-electron chi connectivity index (χ4n) is 4.55. The standard InChI is InChI=1S/C26H32ClFN2O3/c1-3-30(19(2)31)23(25(32)21-7-5-4-6-8-21)17-24(28)29-15-13-26(33,14-16-29)18-20-9-11-22(27)12-10-20/h4-12,23-24,33H,3,13-18H2,1-2H3. The van der Waals surface area contributed by atoms with Gasteiger partial charge in [-0.25, -0.2) is 4.39 Å². The number of Topliss-reactive ketones (excluding diaryl/α,β-unsaturated/α-hetero) is 1. The molecule has 2 atom stereocenters. The Bertz CT molecular complexity index is 930. The Morgan fingerprint density at radius 2 is 1.73 bits per heavy atom. The van der Waals surface area contributed by atoms with E-state index in [1.807, 2.05) is 18.2 Å². The molecule has 0 bridgehead atoms. The molecule has 1 N–H and O–H groups in total. The Labute approximate surface area is 200 Å². The number of ketones is 1. The molecule has 2 aromatic rings. The smallest absolute Gasteiger partial charge is 0.220 e. The molecule has 1 fully saturated rings. The van der Waals surface area contributed by atoms with Gasteiger partial charge in [-0.15, -0.1) is 0 Å². The Hall–Kier alpha value is -2.28. The summed E-state index contributed by atoms with van der Waals surface area (Å²) in [6.45, 7) is 4.27. The van der Waals surface area contributed by atoms with Crippen LogP contribution in [0.1, 0.15) is 49.0 Å². The van der Waals surface area contributed by atoms with E-state index in [4.69, 9.17) is 11.6 Å². The van der Waals surface area contributed by atoms with Crippen molar-refractivity contribution in [2.45, 2.75) is 57.5 Å². The fraction of sp³-hybridized carbons (Fsp3) is 0.462. The van der Waals surface area contributed by atoms with Crippen molar-refractivity contribution in [3.05, 3.63) is 70.7 Å². The summed E-state index contributed by atoms with van der Waals surface area (Å²) < 4.78 is 15.4. The van der Waals surface area contributed by atoms with Gasteiger partial charge in [-0.3, -0.25) is 14.5 Å². The van der Waals surface area contributed by atoms with Gasteiger partial charge in [-0.05, 0) is 37.5 Å². The van der Waals surface area contributed by atoms with Crippen LogP contribution in [-0.2, 0) is 11.2 Å². The predicted molar refractivity (Wildman–Crippen MR) is 128 cm³/mol. The SMILES string of the molecule is CCN(C(C)=O)C(CC(F)N1CCC(O)(Cc2ccc(Cl)cc2)CC1)C(=O)c1ccccc1. The van der Waals surface area contributed by atoms with Crippen LogP contribution in [0, 0.1) is 0 Å². The third-order valence-corrected chi connectivity index (χ3v) is 6.72. The molecule has 1 aliphatic heterocycles. The normalized spacial score (nSPS) is 17.8. The number of aliphatic hydroxyl groups is 1. The number of nitrogens with zero attached hydrogens (tertiary/aromatic N) is 2. The van der Waals surface area contributed by atoms with Gasteiger partial charge in [0, 0.05) is 50.0 Å². The third-order valence-electron chi connectivity index (χ3n) is 6.47. The number of rotatable bonds is 9. The summed E-state index contributed by atoms with van der Waals surface area (Å²) in [6.07, 6.45) is -0.152. The summed E-state index contributed by atoms with van der Waals surface area (Å²) in [5.41, 5.74) is 0.545. The largest absolute Gasteiger partial charge is 0.389 e. The van der Waals surface area contributed by atoms with Crippen molar-refractivity contribution in [2.24, 2.45) is 0 Å². The summed E-state index contributed by atoms with van der Waals surface area (Å²) in [5, 5.41) is 11.7. The Morgan fingerprint density at radius 1 is 1.12 bits per heavy atom. The van der Waals surface area contributed by atoms with E-state index >= 15 is 4.39 Å². The van der Waals surface area contributed by atoms with Gasteiger partial charge in [0.15, 0.2) is 12.1 Å². The van der Waals surface area contributed by atoms with Crippen LogP contribution in [-0.4, -0.2) is 64.2 Å². The van der Waals surface area contributed by atoms with Crippen molar-refractivity contribution in [2.75, 3.05) is 19.6 Å². The molecule has 1 amide bonds. The number of benzene rings is 2. The molecule has 178 valence electrons. The minimum absolute atomic E-state index is 0.100. The van der Waals surface area contributed by atoms with Crippen LogP contribution >= 0.6 is 11.6 Å². The maximum absolute atomic E-state index is 15.4. The first-order valence-corrected chi connectivity index (χ1v) is 11.8. The minimum atomic E-state index is -1.39. The van der Waals surface area contributed by atoms with E-state index in [0.717, 1.165) is 5.56 Å². The molecule has 1 saturated heterocycles. The lowest BCUT2D eigenvalue weighted by Gasteiger charge is -2.40. The zero-order valence-corrected chi connectivity index (χ0v) is 20.0. The second-order valence-electron chi connectivity index (χ2n) is 8.78. The monoisotopic (exact) mass is 474 g/mol. The number of alkyl halides is 1. The highest BCUT2D eigenvalue weighted by Gasteiger charge is 2.37. The molecule has 2 aromatic carbocycles. The number of hydrogen-bond donors (Lipinski definition) is 1. The van der Waals surface area contributed by atoms with Crippen LogP contribution in [0.2, 0.25) is 5.02 Å². The number of halogens is 2. The van der Waals surface area contributed by atoms with Gasteiger partial charge in [-0.1, -0.05) is 54.1 Å². The molecule has 0 spiro atoms. The second-order valence-corrected chi connectivity index (χ2v) is 9.22. The quantitative estimate of drug-likeness (QED) is 0.429. The number of carbonyl (C=O) groups excluding carboxylic acids is 2. The molecule has 0 saturated carbocycles. The first-order chi connectivity index (χ1) is 15.7. The van der Waals surface area contributed by atoms with Crippen LogP contribution in [0.3, 0.4) is 0 Å². The fourth-order valence-corrected chi connectivity index (χ4v) is 4.67. The van der Waals surface area contributed by atoms with Crippen LogP contribution < -0.4 is 0 Å². The Morgan fingerprint density at radius 3 is 2.27 bits per heavy atom. The van der Waals surface area contributed by atoms with Crippen molar-refractivity contribution >= 4 is 23.3 Å². The average Bonchev–Trinajstić information content (AvgIpc) is 2.80. The molecule has 33 heavy (non-hydrogen) atoms. The van der Waals surface area contributed by atoms with Crippen molar-refractivity contribution in [1.29, 1.82) is 0 Å². The molecule has 0 radical (unpaired) electrons. The van der Waals surface area contributed by atoms with E-state index in [2.05, 4.69) is 0 Å². The third kappa shape index (κ3) is 6.62. The molecule has 5 nitrogen and oxygen atoms in total. The van der Waals surface area contributed by atoms with Gasteiger partial charge in [-0.2, -0.15) is 0 Å². The van der Waals surface area contributed by atoms with Gasteiger partial charge in [0.25, 0.3) is 0 Å². The predicted octanol–water partition coefficient (Wildman–Crippen LogP) is 4.52. The molecule has 3 rings (SSSR count). The molecule has 1 aliphatic rings. The number of carbonyl (C=O) groups is 2. The lowest BCUT2D eigenvalue weighted by molar-refractivity contribution is -0.131. The van der Waals surface area contributed by atoms with E-state index in [1.165, 1.54) is 11.8 Å². The first kappa shape index (κ1) is 25.3. The van der Waals surface area contributed by atoms with E-state index in [1.54, 1.807) is 48.2 Å². The van der Waals surface area contributed by atoms with Crippen LogP contribution in [0.5, 0.6) is 0 Å². The van der Waals surface area contributed by atoms with Crippen molar-refractivity contribution in [3.63, 3.8) is 0 Å². The molecule has 2 unspecified atom stereocenters. The minimum Gasteiger partial charge on any atom is -0.389 e. The van der Waals surface area contributed by atoms with Crippen LogP contribution in [0.4, 0.5) is 4.39 Å². The molecule has 0 aliphatic carbocycles. The van der Waals surface area contributed by atoms with Crippen LogP contribution in [0.15, 0.2) is 54.6 Å². The van der Waals surface area contributed by atoms with Crippen molar-refractivity contribution < 1.29 is 19.1 Å². The molecule has 7 heteroatoms. The zero-order valence-electron chi connectivity index (χ0n) is 19.2. The van der Waals surface area contributed by atoms with Gasteiger partial charge in [0.05, 0.1) is 11.6 Å². The van der Waals surface area contributed by atoms with Gasteiger partial charge in [0.1, 0.15) is 0 Å². The summed E-state index contributed by atoms with van der Waals surface area (Å²) >= 11 is 5.94. The van der Waals surface area contributed by atoms with E-state index in [9.17, 15) is 14.7 Å². The molecular weight excluding hydrogens is 443 g/mol. The first-order valence-electron chi connectivity index (χ1n) is 11.4.